The van der Waals surface area contributed by atoms with E-state index in [-0.39, 0.29) is 28.0 Å². The molecule has 0 amide bonds. The fourth-order valence-electron chi connectivity index (χ4n) is 1.23. The van der Waals surface area contributed by atoms with Gasteiger partial charge in [0, 0.05) is 10.5 Å². The minimum Gasteiger partial charge on any atom is -0.481 e. The first-order valence-corrected chi connectivity index (χ1v) is 5.37. The van der Waals surface area contributed by atoms with Gasteiger partial charge in [-0.2, -0.15) is 0 Å². The van der Waals surface area contributed by atoms with Crippen LogP contribution < -0.4 is 4.74 Å². The van der Waals surface area contributed by atoms with Crippen molar-refractivity contribution < 1.29 is 23.0 Å². The molecule has 4 nitrogen and oxygen atoms in total. The van der Waals surface area contributed by atoms with Gasteiger partial charge in [-0.1, -0.05) is 15.9 Å². The third-order valence-electron chi connectivity index (χ3n) is 2.03. The van der Waals surface area contributed by atoms with Crippen LogP contribution >= 0.6 is 15.9 Å². The first-order valence-electron chi connectivity index (χ1n) is 4.57. The molecule has 0 saturated carbocycles. The van der Waals surface area contributed by atoms with Crippen LogP contribution in [-0.2, 0) is 16.0 Å². The minimum absolute atomic E-state index is 0.0573. The van der Waals surface area contributed by atoms with Crippen molar-refractivity contribution in [2.24, 2.45) is 0 Å². The molecular formula is C10H10BrF2NO3. The van der Waals surface area contributed by atoms with Crippen LogP contribution in [0.15, 0.2) is 10.5 Å². The van der Waals surface area contributed by atoms with E-state index in [0.717, 1.165) is 0 Å². The van der Waals surface area contributed by atoms with E-state index in [1.54, 1.807) is 0 Å². The highest BCUT2D eigenvalue weighted by molar-refractivity contribution is 9.10. The highest BCUT2D eigenvalue weighted by atomic mass is 79.9. The Morgan fingerprint density at radius 1 is 1.53 bits per heavy atom. The summed E-state index contributed by atoms with van der Waals surface area (Å²) in [7, 11) is 2.54. The molecule has 0 bridgehead atoms. The third kappa shape index (κ3) is 3.36. The molecule has 0 spiro atoms. The number of esters is 1. The molecule has 1 aromatic rings. The van der Waals surface area contributed by atoms with Gasteiger partial charge in [-0.25, -0.2) is 13.8 Å². The van der Waals surface area contributed by atoms with Crippen LogP contribution in [0, 0.1) is 0 Å². The van der Waals surface area contributed by atoms with Gasteiger partial charge in [-0.05, 0) is 0 Å². The Labute approximate surface area is 105 Å². The van der Waals surface area contributed by atoms with E-state index in [2.05, 4.69) is 25.7 Å². The highest BCUT2D eigenvalue weighted by Gasteiger charge is 2.21. The molecule has 7 heteroatoms. The second kappa shape index (κ2) is 5.90. The van der Waals surface area contributed by atoms with E-state index in [0.29, 0.717) is 0 Å². The lowest BCUT2D eigenvalue weighted by Gasteiger charge is -2.11. The van der Waals surface area contributed by atoms with E-state index in [1.165, 1.54) is 20.3 Å². The zero-order valence-electron chi connectivity index (χ0n) is 9.17. The van der Waals surface area contributed by atoms with Crippen LogP contribution in [0.5, 0.6) is 5.88 Å². The Hall–Kier alpha value is -1.24. The molecule has 0 unspecified atom stereocenters. The second-order valence-corrected chi connectivity index (χ2v) is 3.91. The maximum atomic E-state index is 12.8. The Morgan fingerprint density at radius 2 is 2.18 bits per heavy atom. The predicted molar refractivity (Wildman–Crippen MR) is 59.2 cm³/mol. The number of alkyl halides is 2. The van der Waals surface area contributed by atoms with Crippen LogP contribution in [0.4, 0.5) is 8.78 Å². The van der Waals surface area contributed by atoms with E-state index >= 15 is 0 Å². The van der Waals surface area contributed by atoms with Crippen molar-refractivity contribution in [1.29, 1.82) is 0 Å². The number of pyridine rings is 1. The molecule has 0 aromatic carbocycles. The monoisotopic (exact) mass is 309 g/mol. The number of hydrogen-bond acceptors (Lipinski definition) is 4. The van der Waals surface area contributed by atoms with Crippen LogP contribution in [0.3, 0.4) is 0 Å². The van der Waals surface area contributed by atoms with Crippen molar-refractivity contribution in [3.05, 3.63) is 21.8 Å². The van der Waals surface area contributed by atoms with Gasteiger partial charge >= 0.3 is 5.97 Å². The summed E-state index contributed by atoms with van der Waals surface area (Å²) in [6.45, 7) is 0. The molecular weight excluding hydrogens is 300 g/mol. The average molecular weight is 310 g/mol. The van der Waals surface area contributed by atoms with Gasteiger partial charge in [-0.3, -0.25) is 4.79 Å². The fraction of sp³-hybridized carbons (Fsp3) is 0.400. The summed E-state index contributed by atoms with van der Waals surface area (Å²) in [5.74, 6) is -0.486. The van der Waals surface area contributed by atoms with E-state index in [9.17, 15) is 13.6 Å². The summed E-state index contributed by atoms with van der Waals surface area (Å²) in [6, 6.07) is 1.32. The lowest BCUT2D eigenvalue weighted by molar-refractivity contribution is -0.139. The number of rotatable bonds is 4. The summed E-state index contributed by atoms with van der Waals surface area (Å²) in [6.07, 6.45) is -3.06. The zero-order chi connectivity index (χ0) is 13.0. The first kappa shape index (κ1) is 13.8. The Bertz CT molecular complexity index is 426. The topological polar surface area (TPSA) is 48.4 Å². The molecule has 0 aliphatic carbocycles. The number of nitrogens with zero attached hydrogens (tertiary/aromatic N) is 1. The Balaban J connectivity index is 3.22. The lowest BCUT2D eigenvalue weighted by atomic mass is 10.1. The molecule has 0 aliphatic heterocycles. The Morgan fingerprint density at radius 3 is 2.65 bits per heavy atom. The molecule has 94 valence electrons. The molecule has 1 heterocycles. The maximum Gasteiger partial charge on any atom is 0.311 e. The smallest absolute Gasteiger partial charge is 0.311 e. The summed E-state index contributed by atoms with van der Waals surface area (Å²) in [5.41, 5.74) is -0.380. The minimum atomic E-state index is -2.73. The summed E-state index contributed by atoms with van der Waals surface area (Å²) >= 11 is 3.00. The number of halogens is 3. The number of carbonyl (C=O) groups excluding carboxylic acids is 1. The van der Waals surface area contributed by atoms with Gasteiger partial charge in [-0.15, -0.1) is 0 Å². The van der Waals surface area contributed by atoms with Crippen LogP contribution in [0.2, 0.25) is 0 Å². The average Bonchev–Trinajstić information content (AvgIpc) is 2.27. The van der Waals surface area contributed by atoms with Gasteiger partial charge in [0.25, 0.3) is 6.43 Å². The zero-order valence-corrected chi connectivity index (χ0v) is 10.8. The molecule has 1 rings (SSSR count). The van der Waals surface area contributed by atoms with Crippen molar-refractivity contribution in [2.45, 2.75) is 12.8 Å². The van der Waals surface area contributed by atoms with Crippen LogP contribution in [0.25, 0.3) is 0 Å². The number of hydrogen-bond donors (Lipinski definition) is 0. The standard InChI is InChI=1S/C10H10BrF2NO3/c1-16-7-3-5(11)9(10(12)13)6(14-7)4-8(15)17-2/h3,10H,4H2,1-2H3. The molecule has 1 aromatic heterocycles. The number of methoxy groups -OCH3 is 2. The van der Waals surface area contributed by atoms with E-state index in [1.807, 2.05) is 0 Å². The fourth-order valence-corrected chi connectivity index (χ4v) is 1.83. The normalized spacial score (nSPS) is 10.5. The van der Waals surface area contributed by atoms with Gasteiger partial charge in [0.15, 0.2) is 0 Å². The third-order valence-corrected chi connectivity index (χ3v) is 2.69. The number of aromatic nitrogens is 1. The van der Waals surface area contributed by atoms with Gasteiger partial charge in [0.2, 0.25) is 5.88 Å². The molecule has 17 heavy (non-hydrogen) atoms. The molecule has 0 radical (unpaired) electrons. The quantitative estimate of drug-likeness (QED) is 0.802. The second-order valence-electron chi connectivity index (χ2n) is 3.06. The predicted octanol–water partition coefficient (Wildman–Crippen LogP) is 2.51. The van der Waals surface area contributed by atoms with Gasteiger partial charge in [0.05, 0.1) is 31.9 Å². The molecule has 0 fully saturated rings. The van der Waals surface area contributed by atoms with Gasteiger partial charge < -0.3 is 9.47 Å². The lowest BCUT2D eigenvalue weighted by Crippen LogP contribution is -2.10. The first-order chi connectivity index (χ1) is 7.99. The molecule has 0 aliphatic rings. The van der Waals surface area contributed by atoms with Crippen molar-refractivity contribution in [3.8, 4) is 5.88 Å². The Kier molecular flexibility index (Phi) is 4.80. The summed E-state index contributed by atoms with van der Waals surface area (Å²) in [5, 5.41) is 0. The van der Waals surface area contributed by atoms with Gasteiger partial charge in [0.1, 0.15) is 0 Å². The molecule has 0 saturated heterocycles. The van der Waals surface area contributed by atoms with Crippen molar-refractivity contribution in [3.63, 3.8) is 0 Å². The molecule has 0 N–H and O–H groups in total. The summed E-state index contributed by atoms with van der Waals surface area (Å²) in [4.78, 5) is 14.9. The number of ether oxygens (including phenoxy) is 2. The van der Waals surface area contributed by atoms with Crippen molar-refractivity contribution in [2.75, 3.05) is 14.2 Å². The maximum absolute atomic E-state index is 12.8. The summed E-state index contributed by atoms with van der Waals surface area (Å²) < 4.78 is 35.1. The van der Waals surface area contributed by atoms with Crippen molar-refractivity contribution >= 4 is 21.9 Å². The van der Waals surface area contributed by atoms with Crippen molar-refractivity contribution in [1.82, 2.24) is 4.98 Å². The highest BCUT2D eigenvalue weighted by Crippen LogP contribution is 2.32. The SMILES string of the molecule is COC(=O)Cc1nc(OC)cc(Br)c1C(F)F. The van der Waals surface area contributed by atoms with E-state index < -0.39 is 12.4 Å². The van der Waals surface area contributed by atoms with E-state index in [4.69, 9.17) is 4.74 Å². The molecule has 0 atom stereocenters. The van der Waals surface area contributed by atoms with Crippen LogP contribution in [0.1, 0.15) is 17.7 Å². The number of carbonyl (C=O) groups is 1. The largest absolute Gasteiger partial charge is 0.481 e. The van der Waals surface area contributed by atoms with Crippen LogP contribution in [-0.4, -0.2) is 25.2 Å².